The number of anilines is 1. The molecule has 0 saturated carbocycles. The highest BCUT2D eigenvalue weighted by Crippen LogP contribution is 2.39. The van der Waals surface area contributed by atoms with E-state index in [0.717, 1.165) is 64.8 Å². The Balaban J connectivity index is 0.000000556. The number of rotatable bonds is 7. The molecule has 9 nitrogen and oxygen atoms in total. The first kappa shape index (κ1) is 26.3. The molecule has 1 aromatic carbocycles. The van der Waals surface area contributed by atoms with Crippen molar-refractivity contribution in [3.63, 3.8) is 0 Å². The number of nitrogens with zero attached hydrogens (tertiary/aromatic N) is 5. The first-order valence-corrected chi connectivity index (χ1v) is 13.3. The molecule has 0 unspecified atom stereocenters. The van der Waals surface area contributed by atoms with Gasteiger partial charge in [-0.05, 0) is 40.1 Å². The second kappa shape index (κ2) is 12.4. The monoisotopic (exact) mass is 510 g/mol. The Morgan fingerprint density at radius 1 is 1.19 bits per heavy atom. The van der Waals surface area contributed by atoms with Crippen molar-refractivity contribution in [2.45, 2.75) is 18.7 Å². The van der Waals surface area contributed by atoms with Crippen LogP contribution < -0.4 is 4.90 Å². The molecule has 1 fully saturated rings. The average Bonchev–Trinajstić information content (AvgIpc) is 3.38. The van der Waals surface area contributed by atoms with Gasteiger partial charge >= 0.3 is 0 Å². The van der Waals surface area contributed by atoms with Crippen LogP contribution in [0.5, 0.6) is 0 Å². The molecule has 3 aromatic rings. The van der Waals surface area contributed by atoms with Crippen LogP contribution in [0.25, 0.3) is 28.4 Å². The number of ketones is 1. The molecule has 0 radical (unpaired) electrons. The minimum Gasteiger partial charge on any atom is -0.382 e. The van der Waals surface area contributed by atoms with Crippen LogP contribution in [0, 0.1) is 0 Å². The molecule has 10 heteroatoms. The van der Waals surface area contributed by atoms with Gasteiger partial charge in [0.25, 0.3) is 0 Å². The number of aromatic nitrogens is 4. The zero-order valence-electron chi connectivity index (χ0n) is 21.4. The molecule has 0 spiro atoms. The number of aromatic amines is 1. The lowest BCUT2D eigenvalue weighted by Gasteiger charge is -2.31. The minimum absolute atomic E-state index is 0.133. The smallest absolute Gasteiger partial charge is 0.173 e. The van der Waals surface area contributed by atoms with Gasteiger partial charge in [0, 0.05) is 48.6 Å². The number of thioether (sulfide) groups is 1. The predicted octanol–water partition coefficient (Wildman–Crippen LogP) is 3.52. The molecule has 192 valence electrons. The van der Waals surface area contributed by atoms with Crippen LogP contribution in [0.3, 0.4) is 0 Å². The lowest BCUT2D eigenvalue weighted by Crippen LogP contribution is -2.37. The van der Waals surface area contributed by atoms with Crippen LogP contribution in [0.2, 0.25) is 0 Å². The minimum atomic E-state index is 0.133. The normalized spacial score (nSPS) is 15.4. The lowest BCUT2D eigenvalue weighted by molar-refractivity contribution is -0.116. The molecule has 1 N–H and O–H groups in total. The third kappa shape index (κ3) is 6.12. The molecular weight excluding hydrogens is 476 g/mol. The number of benzene rings is 1. The lowest BCUT2D eigenvalue weighted by atomic mass is 10.1. The number of ether oxygens (including phenoxy) is 2. The second-order valence-electron chi connectivity index (χ2n) is 8.72. The number of nitrogens with one attached hydrogen (secondary N) is 1. The first-order chi connectivity index (χ1) is 17.5. The summed E-state index contributed by atoms with van der Waals surface area (Å²) in [5.41, 5.74) is 3.47. The number of carbonyl (C=O) groups excluding carboxylic acids is 1. The van der Waals surface area contributed by atoms with E-state index in [-0.39, 0.29) is 5.78 Å². The summed E-state index contributed by atoms with van der Waals surface area (Å²) in [7, 11) is 3.81. The van der Waals surface area contributed by atoms with Crippen molar-refractivity contribution in [2.75, 3.05) is 70.8 Å². The Labute approximate surface area is 216 Å². The largest absolute Gasteiger partial charge is 0.382 e. The standard InChI is InChI=1S/C22H24N6O2S.C4H10O/c1-27(2)12-19(29)14-10-18-20(31-13-14)22(28-6-8-30-9-7-28)25-21(24-18)15-4-3-5-17-16(15)11-23-26-17;1-3-5-4-2/h3-5,10-11H,6-9,12-13H2,1-2H3,(H,23,26);3-4H2,1-2H3. The van der Waals surface area contributed by atoms with Crippen molar-refractivity contribution in [1.82, 2.24) is 25.1 Å². The van der Waals surface area contributed by atoms with Gasteiger partial charge in [0.1, 0.15) is 5.82 Å². The summed E-state index contributed by atoms with van der Waals surface area (Å²) in [6, 6.07) is 5.98. The second-order valence-corrected chi connectivity index (χ2v) is 9.71. The summed E-state index contributed by atoms with van der Waals surface area (Å²) in [5, 5.41) is 8.17. The van der Waals surface area contributed by atoms with E-state index in [0.29, 0.717) is 31.3 Å². The van der Waals surface area contributed by atoms with Gasteiger partial charge in [-0.2, -0.15) is 5.10 Å². The number of likely N-dealkylation sites (N-methyl/N-ethyl adjacent to an activating group) is 1. The Hall–Kier alpha value is -2.79. The fourth-order valence-electron chi connectivity index (χ4n) is 4.08. The van der Waals surface area contributed by atoms with Crippen LogP contribution in [-0.2, 0) is 14.3 Å². The fraction of sp³-hybridized carbons (Fsp3) is 0.462. The van der Waals surface area contributed by atoms with E-state index >= 15 is 0 Å². The quantitative estimate of drug-likeness (QED) is 0.512. The maximum atomic E-state index is 12.7. The molecule has 0 atom stereocenters. The van der Waals surface area contributed by atoms with Crippen molar-refractivity contribution < 1.29 is 14.3 Å². The SMILES string of the molecule is CCOCC.CN(C)CC(=O)C1=Cc2nc(-c3cccc4[nH]ncc34)nc(N3CCOCC3)c2SC1. The maximum Gasteiger partial charge on any atom is 0.173 e. The van der Waals surface area contributed by atoms with E-state index in [9.17, 15) is 4.79 Å². The van der Waals surface area contributed by atoms with Crippen LogP contribution in [-0.4, -0.2) is 96.8 Å². The van der Waals surface area contributed by atoms with Crippen molar-refractivity contribution in [3.8, 4) is 11.4 Å². The van der Waals surface area contributed by atoms with Gasteiger partial charge in [-0.15, -0.1) is 11.8 Å². The fourth-order valence-corrected chi connectivity index (χ4v) is 5.18. The van der Waals surface area contributed by atoms with E-state index in [1.165, 1.54) is 0 Å². The van der Waals surface area contributed by atoms with Gasteiger partial charge in [-0.3, -0.25) is 9.89 Å². The summed E-state index contributed by atoms with van der Waals surface area (Å²) >= 11 is 1.65. The number of hydrogen-bond donors (Lipinski definition) is 1. The number of Topliss-reactive ketones (excluding diaryl/α,β-unsaturated/α-hetero) is 1. The van der Waals surface area contributed by atoms with Gasteiger partial charge in [-0.25, -0.2) is 9.97 Å². The molecule has 2 aromatic heterocycles. The Morgan fingerprint density at radius 3 is 2.67 bits per heavy atom. The van der Waals surface area contributed by atoms with E-state index < -0.39 is 0 Å². The zero-order chi connectivity index (χ0) is 25.5. The Morgan fingerprint density at radius 2 is 1.97 bits per heavy atom. The third-order valence-corrected chi connectivity index (χ3v) is 6.96. The van der Waals surface area contributed by atoms with Crippen LogP contribution in [0.4, 0.5) is 5.82 Å². The summed E-state index contributed by atoms with van der Waals surface area (Å²) in [5.74, 6) is 2.33. The van der Waals surface area contributed by atoms with Gasteiger partial charge in [-0.1, -0.05) is 12.1 Å². The van der Waals surface area contributed by atoms with Gasteiger partial charge in [0.05, 0.1) is 42.1 Å². The van der Waals surface area contributed by atoms with Crippen LogP contribution in [0.1, 0.15) is 19.5 Å². The number of fused-ring (bicyclic) bond motifs is 2. The maximum absolute atomic E-state index is 12.7. The molecule has 0 amide bonds. The summed E-state index contributed by atoms with van der Waals surface area (Å²) in [4.78, 5) is 27.8. The number of H-pyrrole nitrogens is 1. The summed E-state index contributed by atoms with van der Waals surface area (Å²) in [6.07, 6.45) is 3.75. The number of carbonyl (C=O) groups is 1. The molecule has 1 saturated heterocycles. The van der Waals surface area contributed by atoms with Crippen molar-refractivity contribution in [2.24, 2.45) is 0 Å². The van der Waals surface area contributed by atoms with E-state index in [1.807, 2.05) is 57.1 Å². The molecular formula is C26H34N6O3S. The van der Waals surface area contributed by atoms with Crippen molar-refractivity contribution in [1.29, 1.82) is 0 Å². The van der Waals surface area contributed by atoms with Gasteiger partial charge in [0.15, 0.2) is 11.6 Å². The van der Waals surface area contributed by atoms with Crippen LogP contribution >= 0.6 is 11.8 Å². The molecule has 5 rings (SSSR count). The highest BCUT2D eigenvalue weighted by atomic mass is 32.2. The summed E-state index contributed by atoms with van der Waals surface area (Å²) in [6.45, 7) is 8.99. The van der Waals surface area contributed by atoms with Crippen molar-refractivity contribution in [3.05, 3.63) is 35.7 Å². The topological polar surface area (TPSA) is 96.5 Å². The zero-order valence-corrected chi connectivity index (χ0v) is 22.2. The third-order valence-electron chi connectivity index (χ3n) is 5.82. The predicted molar refractivity (Wildman–Crippen MR) is 145 cm³/mol. The molecule has 0 aliphatic carbocycles. The molecule has 2 aliphatic heterocycles. The van der Waals surface area contributed by atoms with E-state index in [1.54, 1.807) is 18.0 Å². The number of hydrogen-bond acceptors (Lipinski definition) is 9. The van der Waals surface area contributed by atoms with Gasteiger partial charge < -0.3 is 19.3 Å². The molecule has 4 heterocycles. The van der Waals surface area contributed by atoms with Gasteiger partial charge in [0.2, 0.25) is 0 Å². The first-order valence-electron chi connectivity index (χ1n) is 12.3. The molecule has 0 bridgehead atoms. The number of morpholine rings is 1. The Kier molecular flexibility index (Phi) is 9.08. The van der Waals surface area contributed by atoms with E-state index in [4.69, 9.17) is 19.4 Å². The average molecular weight is 511 g/mol. The van der Waals surface area contributed by atoms with Crippen molar-refractivity contribution >= 4 is 40.3 Å². The van der Waals surface area contributed by atoms with E-state index in [2.05, 4.69) is 15.1 Å². The molecule has 2 aliphatic rings. The Bertz CT molecular complexity index is 1220. The molecule has 36 heavy (non-hydrogen) atoms. The highest BCUT2D eigenvalue weighted by molar-refractivity contribution is 7.99. The summed E-state index contributed by atoms with van der Waals surface area (Å²) < 4.78 is 10.4. The highest BCUT2D eigenvalue weighted by Gasteiger charge is 2.26. The van der Waals surface area contributed by atoms with Crippen LogP contribution in [0.15, 0.2) is 34.9 Å².